The topological polar surface area (TPSA) is 0 Å². The third-order valence-electron chi connectivity index (χ3n) is 4.86. The molecule has 0 fully saturated rings. The number of aryl methyl sites for hydroxylation is 1. The van der Waals surface area contributed by atoms with Crippen molar-refractivity contribution in [3.05, 3.63) is 71.8 Å². The Kier molecular flexibility index (Phi) is 2.99. The molecule has 0 spiro atoms. The lowest BCUT2D eigenvalue weighted by molar-refractivity contribution is 0.592. The minimum atomic E-state index is 0.141. The molecule has 0 atom stereocenters. The minimum Gasteiger partial charge on any atom is -0.0616 e. The molecular formula is C23H22. The zero-order valence-corrected chi connectivity index (χ0v) is 14.3. The van der Waals surface area contributed by atoms with E-state index >= 15 is 0 Å². The van der Waals surface area contributed by atoms with E-state index in [1.54, 1.807) is 0 Å². The van der Waals surface area contributed by atoms with Crippen LogP contribution in [0.25, 0.3) is 32.3 Å². The van der Waals surface area contributed by atoms with Crippen molar-refractivity contribution in [3.8, 4) is 0 Å². The smallest absolute Gasteiger partial charge is 0.00267 e. The fourth-order valence-corrected chi connectivity index (χ4v) is 4.02. The first kappa shape index (κ1) is 14.3. The molecule has 0 amide bonds. The van der Waals surface area contributed by atoms with E-state index in [9.17, 15) is 0 Å². The van der Waals surface area contributed by atoms with Crippen LogP contribution in [0.1, 0.15) is 31.9 Å². The molecule has 0 N–H and O–H groups in total. The van der Waals surface area contributed by atoms with Crippen LogP contribution in [0, 0.1) is 6.92 Å². The van der Waals surface area contributed by atoms with Crippen LogP contribution in [0.15, 0.2) is 60.7 Å². The van der Waals surface area contributed by atoms with Gasteiger partial charge in [-0.25, -0.2) is 0 Å². The maximum Gasteiger partial charge on any atom is -0.00267 e. The molecule has 0 unspecified atom stereocenters. The number of hydrogen-bond acceptors (Lipinski definition) is 0. The molecule has 4 aromatic carbocycles. The monoisotopic (exact) mass is 298 g/mol. The molecule has 0 nitrogen and oxygen atoms in total. The Bertz CT molecular complexity index is 1050. The molecule has 0 radical (unpaired) electrons. The zero-order chi connectivity index (χ0) is 16.2. The van der Waals surface area contributed by atoms with Crippen LogP contribution in [0.3, 0.4) is 0 Å². The van der Waals surface area contributed by atoms with E-state index in [2.05, 4.69) is 88.4 Å². The Morgan fingerprint density at radius 2 is 1.26 bits per heavy atom. The van der Waals surface area contributed by atoms with Gasteiger partial charge in [0.15, 0.2) is 0 Å². The van der Waals surface area contributed by atoms with Crippen molar-refractivity contribution in [2.45, 2.75) is 33.1 Å². The van der Waals surface area contributed by atoms with Crippen LogP contribution in [-0.2, 0) is 5.41 Å². The zero-order valence-electron chi connectivity index (χ0n) is 14.3. The summed E-state index contributed by atoms with van der Waals surface area (Å²) in [5, 5.41) is 8.12. The van der Waals surface area contributed by atoms with Gasteiger partial charge < -0.3 is 0 Å². The molecule has 0 bridgehead atoms. The number of fused-ring (bicyclic) bond motifs is 5. The van der Waals surface area contributed by atoms with Gasteiger partial charge in [-0.15, -0.1) is 0 Å². The maximum absolute atomic E-state index is 2.31. The molecule has 4 rings (SSSR count). The molecule has 23 heavy (non-hydrogen) atoms. The number of benzene rings is 4. The Labute approximate surface area is 137 Å². The van der Waals surface area contributed by atoms with Gasteiger partial charge >= 0.3 is 0 Å². The number of rotatable bonds is 0. The highest BCUT2D eigenvalue weighted by Gasteiger charge is 2.20. The summed E-state index contributed by atoms with van der Waals surface area (Å²) in [5.74, 6) is 0. The molecule has 0 heteroatoms. The molecule has 0 saturated heterocycles. The third-order valence-corrected chi connectivity index (χ3v) is 4.86. The summed E-state index contributed by atoms with van der Waals surface area (Å²) in [5.41, 5.74) is 2.98. The lowest BCUT2D eigenvalue weighted by Crippen LogP contribution is -2.13. The highest BCUT2D eigenvalue weighted by Crippen LogP contribution is 2.38. The van der Waals surface area contributed by atoms with Crippen molar-refractivity contribution in [1.29, 1.82) is 0 Å². The Morgan fingerprint density at radius 1 is 0.609 bits per heavy atom. The second-order valence-electron chi connectivity index (χ2n) is 7.55. The fraction of sp³-hybridized carbons (Fsp3) is 0.217. The standard InChI is InChI=1S/C23H22/c1-15-9-13-19-20(22(15)23(2,3)4)14-12-17-11-10-16-7-5-6-8-18(16)21(17)19/h5-14H,1-4H3. The third kappa shape index (κ3) is 2.13. The largest absolute Gasteiger partial charge is 0.0616 e. The van der Waals surface area contributed by atoms with E-state index in [0.717, 1.165) is 0 Å². The fourth-order valence-electron chi connectivity index (χ4n) is 4.02. The lowest BCUT2D eigenvalue weighted by Gasteiger charge is -2.24. The first-order valence-corrected chi connectivity index (χ1v) is 8.31. The predicted molar refractivity (Wildman–Crippen MR) is 102 cm³/mol. The van der Waals surface area contributed by atoms with Crippen molar-refractivity contribution in [3.63, 3.8) is 0 Å². The van der Waals surface area contributed by atoms with Gasteiger partial charge in [0.05, 0.1) is 0 Å². The van der Waals surface area contributed by atoms with Gasteiger partial charge in [-0.3, -0.25) is 0 Å². The first-order chi connectivity index (χ1) is 11.0. The summed E-state index contributed by atoms with van der Waals surface area (Å²) < 4.78 is 0. The van der Waals surface area contributed by atoms with Gasteiger partial charge in [-0.1, -0.05) is 81.4 Å². The Hall–Kier alpha value is -2.34. The summed E-state index contributed by atoms with van der Waals surface area (Å²) in [6.45, 7) is 9.15. The van der Waals surface area contributed by atoms with Crippen molar-refractivity contribution in [1.82, 2.24) is 0 Å². The van der Waals surface area contributed by atoms with Gasteiger partial charge in [-0.05, 0) is 55.8 Å². The molecule has 0 aliphatic carbocycles. The maximum atomic E-state index is 2.31. The molecule has 4 aromatic rings. The second kappa shape index (κ2) is 4.83. The van der Waals surface area contributed by atoms with Crippen molar-refractivity contribution >= 4 is 32.3 Å². The first-order valence-electron chi connectivity index (χ1n) is 8.31. The average molecular weight is 298 g/mol. The van der Waals surface area contributed by atoms with Crippen LogP contribution in [-0.4, -0.2) is 0 Å². The highest BCUT2D eigenvalue weighted by molar-refractivity contribution is 6.20. The summed E-state index contributed by atoms with van der Waals surface area (Å²) in [6, 6.07) is 22.3. The summed E-state index contributed by atoms with van der Waals surface area (Å²) in [7, 11) is 0. The van der Waals surface area contributed by atoms with Crippen LogP contribution in [0.4, 0.5) is 0 Å². The molecule has 0 saturated carbocycles. The molecular weight excluding hydrogens is 276 g/mol. The highest BCUT2D eigenvalue weighted by atomic mass is 14.2. The summed E-state index contributed by atoms with van der Waals surface area (Å²) >= 11 is 0. The lowest BCUT2D eigenvalue weighted by atomic mass is 9.80. The van der Waals surface area contributed by atoms with E-state index < -0.39 is 0 Å². The van der Waals surface area contributed by atoms with Crippen molar-refractivity contribution in [2.75, 3.05) is 0 Å². The van der Waals surface area contributed by atoms with Gasteiger partial charge in [0.25, 0.3) is 0 Å². The van der Waals surface area contributed by atoms with E-state index in [4.69, 9.17) is 0 Å². The molecule has 0 aliphatic rings. The van der Waals surface area contributed by atoms with Crippen molar-refractivity contribution in [2.24, 2.45) is 0 Å². The van der Waals surface area contributed by atoms with E-state index in [1.807, 2.05) is 0 Å². The summed E-state index contributed by atoms with van der Waals surface area (Å²) in [6.07, 6.45) is 0. The van der Waals surface area contributed by atoms with Gasteiger partial charge in [0.1, 0.15) is 0 Å². The predicted octanol–water partition coefficient (Wildman–Crippen LogP) is 6.75. The molecule has 0 aliphatic heterocycles. The molecule has 0 aromatic heterocycles. The Balaban J connectivity index is 2.28. The van der Waals surface area contributed by atoms with Crippen LogP contribution < -0.4 is 0 Å². The summed E-state index contributed by atoms with van der Waals surface area (Å²) in [4.78, 5) is 0. The van der Waals surface area contributed by atoms with Gasteiger partial charge in [0.2, 0.25) is 0 Å². The molecule has 114 valence electrons. The second-order valence-corrected chi connectivity index (χ2v) is 7.55. The number of hydrogen-bond donors (Lipinski definition) is 0. The SMILES string of the molecule is Cc1ccc2c(ccc3ccc4ccccc4c32)c1C(C)(C)C. The molecule has 0 heterocycles. The minimum absolute atomic E-state index is 0.141. The van der Waals surface area contributed by atoms with Crippen molar-refractivity contribution < 1.29 is 0 Å². The van der Waals surface area contributed by atoms with Crippen LogP contribution in [0.5, 0.6) is 0 Å². The van der Waals surface area contributed by atoms with Gasteiger partial charge in [0, 0.05) is 0 Å². The normalized spacial score (nSPS) is 12.3. The Morgan fingerprint density at radius 3 is 2.04 bits per heavy atom. The van der Waals surface area contributed by atoms with E-state index in [-0.39, 0.29) is 5.41 Å². The van der Waals surface area contributed by atoms with Crippen LogP contribution in [0.2, 0.25) is 0 Å². The van der Waals surface area contributed by atoms with Crippen LogP contribution >= 0.6 is 0 Å². The quantitative estimate of drug-likeness (QED) is 0.315. The van der Waals surface area contributed by atoms with Gasteiger partial charge in [-0.2, -0.15) is 0 Å². The van der Waals surface area contributed by atoms with E-state index in [1.165, 1.54) is 43.4 Å². The van der Waals surface area contributed by atoms with E-state index in [0.29, 0.717) is 0 Å². The average Bonchev–Trinajstić information content (AvgIpc) is 2.52.